The van der Waals surface area contributed by atoms with Crippen molar-refractivity contribution < 1.29 is 9.59 Å². The predicted molar refractivity (Wildman–Crippen MR) is 101 cm³/mol. The summed E-state index contributed by atoms with van der Waals surface area (Å²) >= 11 is 0. The summed E-state index contributed by atoms with van der Waals surface area (Å²) in [7, 11) is 1.79. The van der Waals surface area contributed by atoms with Gasteiger partial charge in [-0.3, -0.25) is 14.6 Å². The van der Waals surface area contributed by atoms with Gasteiger partial charge in [-0.25, -0.2) is 4.98 Å². The van der Waals surface area contributed by atoms with Gasteiger partial charge in [0.15, 0.2) is 5.82 Å². The Hall–Kier alpha value is -2.70. The molecule has 0 radical (unpaired) electrons. The van der Waals surface area contributed by atoms with Crippen molar-refractivity contribution in [3.05, 3.63) is 47.3 Å². The van der Waals surface area contributed by atoms with Crippen LogP contribution >= 0.6 is 0 Å². The number of rotatable bonds is 6. The molecule has 2 aromatic rings. The second-order valence-corrected chi connectivity index (χ2v) is 7.42. The van der Waals surface area contributed by atoms with E-state index in [1.54, 1.807) is 24.3 Å². The maximum absolute atomic E-state index is 13.0. The number of hydrogen-bond donors (Lipinski definition) is 1. The van der Waals surface area contributed by atoms with Gasteiger partial charge in [0.2, 0.25) is 0 Å². The fraction of sp³-hybridized carbons (Fsp3) is 0.500. The van der Waals surface area contributed by atoms with Crippen molar-refractivity contribution in [1.82, 2.24) is 24.8 Å². The first-order chi connectivity index (χ1) is 13.1. The van der Waals surface area contributed by atoms with Crippen LogP contribution in [0.25, 0.3) is 0 Å². The molecule has 0 atom stereocenters. The monoisotopic (exact) mass is 367 g/mol. The smallest absolute Gasteiger partial charge is 0.287 e. The van der Waals surface area contributed by atoms with Gasteiger partial charge < -0.3 is 14.8 Å². The average Bonchev–Trinajstić information content (AvgIpc) is 3.43. The van der Waals surface area contributed by atoms with E-state index in [9.17, 15) is 9.59 Å². The van der Waals surface area contributed by atoms with Crippen molar-refractivity contribution >= 4 is 11.8 Å². The largest absolute Gasteiger partial charge is 0.347 e. The van der Waals surface area contributed by atoms with Crippen LogP contribution in [-0.4, -0.2) is 50.9 Å². The van der Waals surface area contributed by atoms with E-state index in [4.69, 9.17) is 0 Å². The van der Waals surface area contributed by atoms with Crippen molar-refractivity contribution in [3.8, 4) is 0 Å². The highest BCUT2D eigenvalue weighted by Gasteiger charge is 2.31. The molecule has 27 heavy (non-hydrogen) atoms. The van der Waals surface area contributed by atoms with Gasteiger partial charge in [-0.05, 0) is 56.2 Å². The third-order valence-corrected chi connectivity index (χ3v) is 5.27. The third kappa shape index (κ3) is 3.86. The molecule has 0 unspecified atom stereocenters. The number of carbonyl (C=O) groups is 2. The van der Waals surface area contributed by atoms with Crippen LogP contribution in [-0.2, 0) is 19.4 Å². The number of carbonyl (C=O) groups excluding carboxylic acids is 2. The van der Waals surface area contributed by atoms with Crippen molar-refractivity contribution in [2.75, 3.05) is 13.6 Å². The van der Waals surface area contributed by atoms with Crippen LogP contribution in [0.1, 0.15) is 58.0 Å². The first-order valence-electron chi connectivity index (χ1n) is 9.68. The predicted octanol–water partition coefficient (Wildman–Crippen LogP) is 1.82. The molecule has 1 N–H and O–H groups in total. The van der Waals surface area contributed by atoms with Gasteiger partial charge in [0.25, 0.3) is 11.8 Å². The molecule has 1 fully saturated rings. The molecule has 0 bridgehead atoms. The van der Waals surface area contributed by atoms with E-state index in [1.807, 2.05) is 16.7 Å². The van der Waals surface area contributed by atoms with Crippen molar-refractivity contribution in [3.63, 3.8) is 0 Å². The third-order valence-electron chi connectivity index (χ3n) is 5.27. The number of likely N-dealkylation sites (N-methyl/N-ethyl adjacent to an activating group) is 1. The summed E-state index contributed by atoms with van der Waals surface area (Å²) in [5.41, 5.74) is 2.48. The second kappa shape index (κ2) is 7.50. The first-order valence-corrected chi connectivity index (χ1v) is 9.68. The second-order valence-electron chi connectivity index (χ2n) is 7.42. The molecule has 3 heterocycles. The maximum Gasteiger partial charge on any atom is 0.287 e. The normalized spacial score (nSPS) is 15.9. The Labute approximate surface area is 158 Å². The summed E-state index contributed by atoms with van der Waals surface area (Å²) in [5, 5.41) is 3.00. The molecule has 2 amide bonds. The van der Waals surface area contributed by atoms with Crippen LogP contribution in [0.4, 0.5) is 0 Å². The zero-order valence-electron chi connectivity index (χ0n) is 15.6. The minimum absolute atomic E-state index is 0.111. The fourth-order valence-electron chi connectivity index (χ4n) is 3.49. The molecule has 2 aliphatic rings. The summed E-state index contributed by atoms with van der Waals surface area (Å²) in [6.07, 6.45) is 9.17. The van der Waals surface area contributed by atoms with E-state index < -0.39 is 0 Å². The number of nitrogens with zero attached hydrogens (tertiary/aromatic N) is 4. The number of fused-ring (bicyclic) bond motifs is 1. The quantitative estimate of drug-likeness (QED) is 0.845. The number of aromatic nitrogens is 3. The summed E-state index contributed by atoms with van der Waals surface area (Å²) in [6.45, 7) is 1.35. The van der Waals surface area contributed by atoms with Gasteiger partial charge in [-0.1, -0.05) is 0 Å². The molecule has 0 aromatic carbocycles. The number of nitrogens with one attached hydrogen (secondary N) is 1. The summed E-state index contributed by atoms with van der Waals surface area (Å²) < 4.78 is 1.95. The Morgan fingerprint density at radius 3 is 2.78 bits per heavy atom. The van der Waals surface area contributed by atoms with E-state index in [1.165, 1.54) is 0 Å². The number of pyridine rings is 1. The summed E-state index contributed by atoms with van der Waals surface area (Å²) in [4.78, 5) is 35.8. The number of imidazole rings is 1. The Morgan fingerprint density at radius 1 is 1.26 bits per heavy atom. The Morgan fingerprint density at radius 2 is 2.04 bits per heavy atom. The Kier molecular flexibility index (Phi) is 4.92. The highest BCUT2D eigenvalue weighted by atomic mass is 16.2. The molecular weight excluding hydrogens is 342 g/mol. The summed E-state index contributed by atoms with van der Waals surface area (Å²) in [5.74, 6) is 0.127. The van der Waals surface area contributed by atoms with E-state index in [0.29, 0.717) is 18.1 Å². The summed E-state index contributed by atoms with van der Waals surface area (Å²) in [6, 6.07) is 4.19. The van der Waals surface area contributed by atoms with Crippen LogP contribution in [0.3, 0.4) is 0 Å². The molecule has 1 aliphatic carbocycles. The molecule has 4 rings (SSSR count). The molecule has 0 spiro atoms. The molecular formula is C20H25N5O2. The van der Waals surface area contributed by atoms with Crippen LogP contribution in [0.2, 0.25) is 0 Å². The molecule has 0 saturated heterocycles. The number of amides is 2. The zero-order valence-corrected chi connectivity index (χ0v) is 15.6. The van der Waals surface area contributed by atoms with Crippen LogP contribution in [0, 0.1) is 0 Å². The van der Waals surface area contributed by atoms with E-state index in [-0.39, 0.29) is 17.9 Å². The van der Waals surface area contributed by atoms with Gasteiger partial charge in [0.05, 0.1) is 5.69 Å². The van der Waals surface area contributed by atoms with E-state index in [2.05, 4.69) is 15.3 Å². The average molecular weight is 367 g/mol. The van der Waals surface area contributed by atoms with Crippen LogP contribution in [0.15, 0.2) is 24.5 Å². The molecule has 7 nitrogen and oxygen atoms in total. The Balaban J connectivity index is 1.52. The fourth-order valence-corrected chi connectivity index (χ4v) is 3.49. The maximum atomic E-state index is 13.0. The highest BCUT2D eigenvalue weighted by Crippen LogP contribution is 2.24. The zero-order chi connectivity index (χ0) is 18.8. The lowest BCUT2D eigenvalue weighted by atomic mass is 10.1. The van der Waals surface area contributed by atoms with Crippen LogP contribution in [0.5, 0.6) is 0 Å². The Bertz CT molecular complexity index is 842. The molecule has 2 aromatic heterocycles. The van der Waals surface area contributed by atoms with Gasteiger partial charge in [-0.15, -0.1) is 0 Å². The molecule has 1 saturated carbocycles. The standard InChI is InChI=1S/C20H25N5O2/c1-24(13-9-14-7-10-21-11-8-14)20(27)17-16-4-2-3-12-25(16)18(23-17)19(26)22-15-5-6-15/h7-8,10-11,15H,2-6,9,12-13H2,1H3,(H,22,26). The number of hydrogen-bond acceptors (Lipinski definition) is 4. The van der Waals surface area contributed by atoms with E-state index >= 15 is 0 Å². The molecule has 7 heteroatoms. The molecule has 142 valence electrons. The highest BCUT2D eigenvalue weighted by molar-refractivity contribution is 5.97. The first kappa shape index (κ1) is 17.7. The molecule has 1 aliphatic heterocycles. The van der Waals surface area contributed by atoms with Gasteiger partial charge in [-0.2, -0.15) is 0 Å². The lowest BCUT2D eigenvalue weighted by molar-refractivity contribution is 0.0789. The van der Waals surface area contributed by atoms with Gasteiger partial charge in [0, 0.05) is 38.6 Å². The van der Waals surface area contributed by atoms with Crippen molar-refractivity contribution in [2.24, 2.45) is 0 Å². The van der Waals surface area contributed by atoms with Gasteiger partial charge >= 0.3 is 0 Å². The van der Waals surface area contributed by atoms with Crippen LogP contribution < -0.4 is 5.32 Å². The minimum Gasteiger partial charge on any atom is -0.347 e. The SMILES string of the molecule is CN(CCc1ccncc1)C(=O)c1nc(C(=O)NC2CC2)n2c1CCCC2. The van der Waals surface area contributed by atoms with Crippen molar-refractivity contribution in [1.29, 1.82) is 0 Å². The van der Waals surface area contributed by atoms with Crippen molar-refractivity contribution in [2.45, 2.75) is 51.1 Å². The van der Waals surface area contributed by atoms with E-state index in [0.717, 1.165) is 56.3 Å². The lowest BCUT2D eigenvalue weighted by Crippen LogP contribution is -2.30. The topological polar surface area (TPSA) is 80.1 Å². The minimum atomic E-state index is -0.154. The van der Waals surface area contributed by atoms with Gasteiger partial charge in [0.1, 0.15) is 5.69 Å². The lowest BCUT2D eigenvalue weighted by Gasteiger charge is -2.19.